The van der Waals surface area contributed by atoms with Crippen molar-refractivity contribution in [3.8, 4) is 0 Å². The van der Waals surface area contributed by atoms with E-state index in [1.165, 1.54) is 0 Å². The molecule has 0 atom stereocenters. The van der Waals surface area contributed by atoms with Gasteiger partial charge in [-0.1, -0.05) is 25.1 Å². The first-order chi connectivity index (χ1) is 6.06. The monoisotopic (exact) mass is 178 g/mol. The van der Waals surface area contributed by atoms with Crippen LogP contribution in [0.2, 0.25) is 0 Å². The molecule has 13 heavy (non-hydrogen) atoms. The van der Waals surface area contributed by atoms with E-state index in [0.717, 1.165) is 28.7 Å². The van der Waals surface area contributed by atoms with Gasteiger partial charge in [-0.25, -0.2) is 4.39 Å². The average Bonchev–Trinajstić information content (AvgIpc) is 2.03. The van der Waals surface area contributed by atoms with Crippen LogP contribution in [-0.4, -0.2) is 0 Å². The zero-order chi connectivity index (χ0) is 10.0. The first kappa shape index (κ1) is 9.97. The maximum absolute atomic E-state index is 13.4. The molecule has 1 aromatic carbocycles. The maximum Gasteiger partial charge on any atom is 0.127 e. The molecule has 0 aromatic heterocycles. The van der Waals surface area contributed by atoms with Crippen LogP contribution >= 0.6 is 0 Å². The molecule has 0 amide bonds. The van der Waals surface area contributed by atoms with Gasteiger partial charge in [0.2, 0.25) is 0 Å². The van der Waals surface area contributed by atoms with Crippen molar-refractivity contribution in [3.63, 3.8) is 0 Å². The summed E-state index contributed by atoms with van der Waals surface area (Å²) in [5.41, 5.74) is 3.63. The Morgan fingerprint density at radius 2 is 2.08 bits per heavy atom. The summed E-state index contributed by atoms with van der Waals surface area (Å²) >= 11 is 0. The molecular formula is C12H15F. The molecule has 1 rings (SSSR count). The quantitative estimate of drug-likeness (QED) is 0.647. The van der Waals surface area contributed by atoms with Gasteiger partial charge in [-0.05, 0) is 43.0 Å². The Balaban J connectivity index is 3.28. The third-order valence-electron chi connectivity index (χ3n) is 2.26. The van der Waals surface area contributed by atoms with E-state index in [-0.39, 0.29) is 5.82 Å². The number of allylic oxidation sites excluding steroid dienone is 1. The molecule has 0 aliphatic heterocycles. The third-order valence-corrected chi connectivity index (χ3v) is 2.26. The number of rotatable bonds is 2. The first-order valence-electron chi connectivity index (χ1n) is 4.51. The standard InChI is InChI=1S/C12H15F/c1-5-11-9(4)6-10(8(2)3)7-12(11)13/h6-7H,2,5H2,1,3-4H3. The second kappa shape index (κ2) is 3.73. The average molecular weight is 178 g/mol. The van der Waals surface area contributed by atoms with Gasteiger partial charge in [0.05, 0.1) is 0 Å². The molecule has 0 fully saturated rings. The second-order valence-electron chi connectivity index (χ2n) is 3.39. The topological polar surface area (TPSA) is 0 Å². The summed E-state index contributed by atoms with van der Waals surface area (Å²) in [5, 5.41) is 0. The zero-order valence-electron chi connectivity index (χ0n) is 8.45. The van der Waals surface area contributed by atoms with Crippen LogP contribution in [-0.2, 0) is 6.42 Å². The van der Waals surface area contributed by atoms with Crippen molar-refractivity contribution in [3.05, 3.63) is 41.2 Å². The van der Waals surface area contributed by atoms with Crippen LogP contribution in [0, 0.1) is 12.7 Å². The minimum absolute atomic E-state index is 0.111. The molecule has 1 heteroatoms. The van der Waals surface area contributed by atoms with E-state index in [1.807, 2.05) is 26.8 Å². The van der Waals surface area contributed by atoms with Crippen LogP contribution in [0.5, 0.6) is 0 Å². The summed E-state index contributed by atoms with van der Waals surface area (Å²) in [6.45, 7) is 9.59. The molecule has 0 bridgehead atoms. The van der Waals surface area contributed by atoms with Crippen molar-refractivity contribution in [1.29, 1.82) is 0 Å². The van der Waals surface area contributed by atoms with E-state index < -0.39 is 0 Å². The fourth-order valence-corrected chi connectivity index (χ4v) is 1.47. The molecule has 0 nitrogen and oxygen atoms in total. The van der Waals surface area contributed by atoms with Gasteiger partial charge < -0.3 is 0 Å². The van der Waals surface area contributed by atoms with Crippen LogP contribution in [0.4, 0.5) is 4.39 Å². The second-order valence-corrected chi connectivity index (χ2v) is 3.39. The fraction of sp³-hybridized carbons (Fsp3) is 0.333. The third kappa shape index (κ3) is 1.97. The van der Waals surface area contributed by atoms with E-state index in [0.29, 0.717) is 0 Å². The van der Waals surface area contributed by atoms with E-state index in [9.17, 15) is 4.39 Å². The summed E-state index contributed by atoms with van der Waals surface area (Å²) in [4.78, 5) is 0. The van der Waals surface area contributed by atoms with Gasteiger partial charge in [0, 0.05) is 0 Å². The molecule has 1 aromatic rings. The molecule has 0 saturated heterocycles. The fourth-order valence-electron chi connectivity index (χ4n) is 1.47. The number of aryl methyl sites for hydroxylation is 1. The summed E-state index contributed by atoms with van der Waals surface area (Å²) in [6.07, 6.45) is 0.744. The number of hydrogen-bond acceptors (Lipinski definition) is 0. The van der Waals surface area contributed by atoms with Gasteiger partial charge >= 0.3 is 0 Å². The summed E-state index contributed by atoms with van der Waals surface area (Å²) in [6, 6.07) is 3.55. The lowest BCUT2D eigenvalue weighted by Crippen LogP contribution is -1.94. The molecule has 0 radical (unpaired) electrons. The number of hydrogen-bond donors (Lipinski definition) is 0. The predicted octanol–water partition coefficient (Wildman–Crippen LogP) is 3.73. The van der Waals surface area contributed by atoms with Crippen molar-refractivity contribution < 1.29 is 4.39 Å². The Bertz CT molecular complexity index is 314. The highest BCUT2D eigenvalue weighted by atomic mass is 19.1. The normalized spacial score (nSPS) is 10.2. The smallest absolute Gasteiger partial charge is 0.127 e. The van der Waals surface area contributed by atoms with Crippen molar-refractivity contribution in [2.45, 2.75) is 27.2 Å². The van der Waals surface area contributed by atoms with Crippen molar-refractivity contribution >= 4 is 5.57 Å². The summed E-state index contributed by atoms with van der Waals surface area (Å²) in [7, 11) is 0. The Morgan fingerprint density at radius 1 is 1.46 bits per heavy atom. The van der Waals surface area contributed by atoms with Crippen LogP contribution in [0.15, 0.2) is 18.7 Å². The summed E-state index contributed by atoms with van der Waals surface area (Å²) < 4.78 is 13.4. The largest absolute Gasteiger partial charge is 0.207 e. The van der Waals surface area contributed by atoms with Gasteiger partial charge in [0.25, 0.3) is 0 Å². The van der Waals surface area contributed by atoms with Crippen molar-refractivity contribution in [2.75, 3.05) is 0 Å². The van der Waals surface area contributed by atoms with Crippen LogP contribution in [0.25, 0.3) is 5.57 Å². The van der Waals surface area contributed by atoms with E-state index in [2.05, 4.69) is 6.58 Å². The summed E-state index contributed by atoms with van der Waals surface area (Å²) in [5.74, 6) is -0.111. The SMILES string of the molecule is C=C(C)c1cc(C)c(CC)c(F)c1. The number of benzene rings is 1. The minimum Gasteiger partial charge on any atom is -0.207 e. The Kier molecular flexibility index (Phi) is 2.86. The lowest BCUT2D eigenvalue weighted by atomic mass is 9.99. The Morgan fingerprint density at radius 3 is 2.46 bits per heavy atom. The molecule has 0 aliphatic rings. The van der Waals surface area contributed by atoms with Crippen molar-refractivity contribution in [2.24, 2.45) is 0 Å². The Labute approximate surface area is 79.1 Å². The molecule has 0 saturated carbocycles. The van der Waals surface area contributed by atoms with Crippen LogP contribution in [0.1, 0.15) is 30.5 Å². The molecule has 0 unspecified atom stereocenters. The lowest BCUT2D eigenvalue weighted by Gasteiger charge is -2.08. The highest BCUT2D eigenvalue weighted by Gasteiger charge is 2.06. The molecule has 0 spiro atoms. The van der Waals surface area contributed by atoms with E-state index in [4.69, 9.17) is 0 Å². The number of halogens is 1. The molecular weight excluding hydrogens is 163 g/mol. The van der Waals surface area contributed by atoms with E-state index in [1.54, 1.807) is 6.07 Å². The van der Waals surface area contributed by atoms with Crippen molar-refractivity contribution in [1.82, 2.24) is 0 Å². The van der Waals surface area contributed by atoms with Gasteiger partial charge in [-0.2, -0.15) is 0 Å². The van der Waals surface area contributed by atoms with Crippen LogP contribution in [0.3, 0.4) is 0 Å². The molecule has 0 N–H and O–H groups in total. The van der Waals surface area contributed by atoms with Gasteiger partial charge in [0.1, 0.15) is 5.82 Å². The van der Waals surface area contributed by atoms with Gasteiger partial charge in [0.15, 0.2) is 0 Å². The lowest BCUT2D eigenvalue weighted by molar-refractivity contribution is 0.610. The molecule has 0 heterocycles. The van der Waals surface area contributed by atoms with Crippen LogP contribution < -0.4 is 0 Å². The van der Waals surface area contributed by atoms with E-state index >= 15 is 0 Å². The maximum atomic E-state index is 13.4. The highest BCUT2D eigenvalue weighted by molar-refractivity contribution is 5.62. The minimum atomic E-state index is -0.111. The van der Waals surface area contributed by atoms with Gasteiger partial charge in [-0.3, -0.25) is 0 Å². The zero-order valence-corrected chi connectivity index (χ0v) is 8.45. The first-order valence-corrected chi connectivity index (χ1v) is 4.51. The molecule has 0 aliphatic carbocycles. The molecule has 70 valence electrons. The predicted molar refractivity (Wildman–Crippen MR) is 55.2 cm³/mol. The highest BCUT2D eigenvalue weighted by Crippen LogP contribution is 2.20. The Hall–Kier alpha value is -1.11. The van der Waals surface area contributed by atoms with Gasteiger partial charge in [-0.15, -0.1) is 0 Å².